The Morgan fingerprint density at radius 1 is 1.07 bits per heavy atom. The van der Waals surface area contributed by atoms with Crippen LogP contribution < -0.4 is 15.0 Å². The molecule has 7 heteroatoms. The van der Waals surface area contributed by atoms with Crippen LogP contribution in [0, 0.1) is 0 Å². The largest absolute Gasteiger partial charge is 0.485 e. The summed E-state index contributed by atoms with van der Waals surface area (Å²) in [5, 5.41) is 2.90. The van der Waals surface area contributed by atoms with Crippen LogP contribution in [0.15, 0.2) is 66.7 Å². The van der Waals surface area contributed by atoms with Gasteiger partial charge in [-0.2, -0.15) is 0 Å². The standard InChI is InChI=1S/C23H21N3O4/c1-15-14-26(23(28)24-18-6-4-3-5-7-18)21-20(30-15)13-12-19(25-21)16-8-10-17(11-9-16)22(27)29-2/h3-13,15H,14H2,1-2H3,(H,24,28). The van der Waals surface area contributed by atoms with Gasteiger partial charge in [0.2, 0.25) is 0 Å². The average Bonchev–Trinajstić information content (AvgIpc) is 2.78. The summed E-state index contributed by atoms with van der Waals surface area (Å²) in [6.07, 6.45) is -0.161. The summed E-state index contributed by atoms with van der Waals surface area (Å²) in [6, 6.07) is 19.6. The third kappa shape index (κ3) is 3.96. The van der Waals surface area contributed by atoms with Gasteiger partial charge in [0.1, 0.15) is 6.10 Å². The number of nitrogens with one attached hydrogen (secondary N) is 1. The molecule has 0 radical (unpaired) electrons. The van der Waals surface area contributed by atoms with E-state index in [-0.39, 0.29) is 12.1 Å². The van der Waals surface area contributed by atoms with Crippen LogP contribution in [0.5, 0.6) is 5.75 Å². The second-order valence-corrected chi connectivity index (χ2v) is 6.92. The fourth-order valence-corrected chi connectivity index (χ4v) is 3.27. The first kappa shape index (κ1) is 19.4. The Bertz CT molecular complexity index is 1070. The number of methoxy groups -OCH3 is 1. The molecule has 152 valence electrons. The number of anilines is 2. The lowest BCUT2D eigenvalue weighted by Crippen LogP contribution is -2.45. The molecule has 1 aliphatic rings. The lowest BCUT2D eigenvalue weighted by atomic mass is 10.1. The van der Waals surface area contributed by atoms with Gasteiger partial charge in [-0.05, 0) is 43.3 Å². The van der Waals surface area contributed by atoms with Gasteiger partial charge in [0.15, 0.2) is 11.6 Å². The maximum atomic E-state index is 12.9. The smallest absolute Gasteiger partial charge is 0.337 e. The number of pyridine rings is 1. The van der Waals surface area contributed by atoms with Gasteiger partial charge in [-0.3, -0.25) is 4.90 Å². The van der Waals surface area contributed by atoms with E-state index in [1.165, 1.54) is 7.11 Å². The van der Waals surface area contributed by atoms with Crippen LogP contribution in [0.3, 0.4) is 0 Å². The van der Waals surface area contributed by atoms with Crippen LogP contribution in [0.1, 0.15) is 17.3 Å². The monoisotopic (exact) mass is 403 g/mol. The molecule has 2 aromatic carbocycles. The van der Waals surface area contributed by atoms with E-state index in [1.54, 1.807) is 29.2 Å². The molecule has 1 unspecified atom stereocenters. The van der Waals surface area contributed by atoms with Crippen molar-refractivity contribution in [1.82, 2.24) is 4.98 Å². The van der Waals surface area contributed by atoms with E-state index in [1.807, 2.05) is 49.4 Å². The Kier molecular flexibility index (Phi) is 5.34. The Morgan fingerprint density at radius 3 is 2.50 bits per heavy atom. The Hall–Kier alpha value is -3.87. The molecule has 0 spiro atoms. The number of ether oxygens (including phenoxy) is 2. The highest BCUT2D eigenvalue weighted by molar-refractivity contribution is 6.02. The molecule has 0 bridgehead atoms. The molecule has 0 saturated carbocycles. The molecule has 0 aliphatic carbocycles. The zero-order chi connectivity index (χ0) is 21.1. The lowest BCUT2D eigenvalue weighted by molar-refractivity contribution is 0.0600. The minimum Gasteiger partial charge on any atom is -0.485 e. The highest BCUT2D eigenvalue weighted by atomic mass is 16.5. The van der Waals surface area contributed by atoms with Gasteiger partial charge in [-0.15, -0.1) is 0 Å². The first-order valence-corrected chi connectivity index (χ1v) is 9.55. The second kappa shape index (κ2) is 8.24. The molecule has 7 nitrogen and oxygen atoms in total. The van der Waals surface area contributed by atoms with Crippen molar-refractivity contribution >= 4 is 23.5 Å². The third-order valence-corrected chi connectivity index (χ3v) is 4.73. The number of fused-ring (bicyclic) bond motifs is 1. The number of carbonyl (C=O) groups is 2. The van der Waals surface area contributed by atoms with E-state index in [2.05, 4.69) is 10.3 Å². The fourth-order valence-electron chi connectivity index (χ4n) is 3.27. The fraction of sp³-hybridized carbons (Fsp3) is 0.174. The first-order chi connectivity index (χ1) is 14.5. The highest BCUT2D eigenvalue weighted by Gasteiger charge is 2.29. The van der Waals surface area contributed by atoms with Crippen molar-refractivity contribution < 1.29 is 19.1 Å². The number of nitrogens with zero attached hydrogens (tertiary/aromatic N) is 2. The number of esters is 1. The highest BCUT2D eigenvalue weighted by Crippen LogP contribution is 2.34. The van der Waals surface area contributed by atoms with Crippen molar-refractivity contribution in [2.45, 2.75) is 13.0 Å². The van der Waals surface area contributed by atoms with E-state index in [9.17, 15) is 9.59 Å². The molecule has 0 saturated heterocycles. The van der Waals surface area contributed by atoms with Crippen LogP contribution in [0.4, 0.5) is 16.3 Å². The summed E-state index contributed by atoms with van der Waals surface area (Å²) in [5.41, 5.74) is 2.64. The molecule has 3 aromatic rings. The van der Waals surface area contributed by atoms with Gasteiger partial charge in [0.05, 0.1) is 24.9 Å². The van der Waals surface area contributed by atoms with Crippen molar-refractivity contribution in [1.29, 1.82) is 0 Å². The molecule has 1 aromatic heterocycles. The van der Waals surface area contributed by atoms with Gasteiger partial charge in [-0.25, -0.2) is 14.6 Å². The number of para-hydroxylation sites is 1. The molecule has 1 N–H and O–H groups in total. The first-order valence-electron chi connectivity index (χ1n) is 9.55. The summed E-state index contributed by atoms with van der Waals surface area (Å²) in [4.78, 5) is 30.9. The van der Waals surface area contributed by atoms with Crippen LogP contribution in [-0.4, -0.2) is 36.7 Å². The molecule has 1 atom stereocenters. The van der Waals surface area contributed by atoms with Crippen LogP contribution in [-0.2, 0) is 4.74 Å². The number of carbonyl (C=O) groups excluding carboxylic acids is 2. The summed E-state index contributed by atoms with van der Waals surface area (Å²) in [7, 11) is 1.34. The van der Waals surface area contributed by atoms with Crippen LogP contribution >= 0.6 is 0 Å². The van der Waals surface area contributed by atoms with Gasteiger partial charge < -0.3 is 14.8 Å². The molecular formula is C23H21N3O4. The minimum atomic E-state index is -0.397. The zero-order valence-corrected chi connectivity index (χ0v) is 16.7. The minimum absolute atomic E-state index is 0.161. The number of urea groups is 1. The Morgan fingerprint density at radius 2 is 1.80 bits per heavy atom. The molecular weight excluding hydrogens is 382 g/mol. The maximum Gasteiger partial charge on any atom is 0.337 e. The van der Waals surface area contributed by atoms with Gasteiger partial charge >= 0.3 is 12.0 Å². The molecule has 1 aliphatic heterocycles. The van der Waals surface area contributed by atoms with Crippen molar-refractivity contribution in [3.63, 3.8) is 0 Å². The van der Waals surface area contributed by atoms with Crippen molar-refractivity contribution in [3.8, 4) is 17.0 Å². The third-order valence-electron chi connectivity index (χ3n) is 4.73. The van der Waals surface area contributed by atoms with E-state index < -0.39 is 5.97 Å². The van der Waals surface area contributed by atoms with Gasteiger partial charge in [0, 0.05) is 11.3 Å². The normalized spacial score (nSPS) is 15.0. The maximum absolute atomic E-state index is 12.9. The molecule has 0 fully saturated rings. The summed E-state index contributed by atoms with van der Waals surface area (Å²) in [6.45, 7) is 2.29. The summed E-state index contributed by atoms with van der Waals surface area (Å²) in [5.74, 6) is 0.606. The summed E-state index contributed by atoms with van der Waals surface area (Å²) < 4.78 is 10.6. The Balaban J connectivity index is 1.64. The number of benzene rings is 2. The van der Waals surface area contributed by atoms with Crippen molar-refractivity contribution in [2.24, 2.45) is 0 Å². The quantitative estimate of drug-likeness (QED) is 0.658. The topological polar surface area (TPSA) is 80.8 Å². The molecule has 30 heavy (non-hydrogen) atoms. The number of aromatic nitrogens is 1. The number of hydrogen-bond acceptors (Lipinski definition) is 5. The van der Waals surface area contributed by atoms with E-state index in [4.69, 9.17) is 9.47 Å². The summed E-state index contributed by atoms with van der Waals surface area (Å²) >= 11 is 0. The number of rotatable bonds is 3. The number of amides is 2. The lowest BCUT2D eigenvalue weighted by Gasteiger charge is -2.32. The second-order valence-electron chi connectivity index (χ2n) is 6.92. The van der Waals surface area contributed by atoms with Crippen LogP contribution in [0.25, 0.3) is 11.3 Å². The predicted molar refractivity (Wildman–Crippen MR) is 114 cm³/mol. The number of hydrogen-bond donors (Lipinski definition) is 1. The van der Waals surface area contributed by atoms with Gasteiger partial charge in [0.25, 0.3) is 0 Å². The van der Waals surface area contributed by atoms with Crippen LogP contribution in [0.2, 0.25) is 0 Å². The predicted octanol–water partition coefficient (Wildman–Crippen LogP) is 4.35. The zero-order valence-electron chi connectivity index (χ0n) is 16.7. The van der Waals surface area contributed by atoms with Crippen molar-refractivity contribution in [3.05, 3.63) is 72.3 Å². The average molecular weight is 403 g/mol. The SMILES string of the molecule is COC(=O)c1ccc(-c2ccc3c(n2)N(C(=O)Nc2ccccc2)CC(C)O3)cc1. The van der Waals surface area contributed by atoms with E-state index in [0.717, 1.165) is 5.56 Å². The van der Waals surface area contributed by atoms with Crippen molar-refractivity contribution in [2.75, 3.05) is 23.9 Å². The van der Waals surface area contributed by atoms with Gasteiger partial charge in [-0.1, -0.05) is 30.3 Å². The molecule has 2 heterocycles. The van der Waals surface area contributed by atoms with E-state index >= 15 is 0 Å². The molecule has 4 rings (SSSR count). The molecule has 2 amide bonds. The Labute approximate surface area is 174 Å². The van der Waals surface area contributed by atoms with E-state index in [0.29, 0.717) is 35.1 Å².